The summed E-state index contributed by atoms with van der Waals surface area (Å²) in [6, 6.07) is 12.8. The third-order valence-corrected chi connectivity index (χ3v) is 4.43. The summed E-state index contributed by atoms with van der Waals surface area (Å²) in [5.41, 5.74) is 7.06. The maximum absolute atomic E-state index is 10.2. The van der Waals surface area contributed by atoms with Crippen molar-refractivity contribution in [2.24, 2.45) is 5.73 Å². The average Bonchev–Trinajstić information content (AvgIpc) is 2.44. The van der Waals surface area contributed by atoms with Gasteiger partial charge in [-0.2, -0.15) is 0 Å². The average molecular weight is 270 g/mol. The highest BCUT2D eigenvalue weighted by molar-refractivity contribution is 5.87. The molecule has 2 unspecified atom stereocenters. The van der Waals surface area contributed by atoms with Crippen LogP contribution in [0.3, 0.4) is 0 Å². The first-order valence-corrected chi connectivity index (χ1v) is 7.34. The summed E-state index contributed by atoms with van der Waals surface area (Å²) in [6.07, 6.45) is 2.07. The first-order valence-electron chi connectivity index (χ1n) is 7.34. The summed E-state index contributed by atoms with van der Waals surface area (Å²) in [5, 5.41) is 12.6. The van der Waals surface area contributed by atoms with Gasteiger partial charge in [0, 0.05) is 30.7 Å². The summed E-state index contributed by atoms with van der Waals surface area (Å²) in [5.74, 6) is 0.394. The minimum atomic E-state index is 0.322. The molecule has 1 fully saturated rings. The number of benzene rings is 2. The second kappa shape index (κ2) is 5.43. The Kier molecular flexibility index (Phi) is 3.64. The molecule has 0 spiro atoms. The van der Waals surface area contributed by atoms with Crippen molar-refractivity contribution in [1.82, 2.24) is 4.90 Å². The van der Waals surface area contributed by atoms with Crippen LogP contribution >= 0.6 is 0 Å². The van der Waals surface area contributed by atoms with E-state index in [2.05, 4.69) is 24.0 Å². The highest BCUT2D eigenvalue weighted by Gasteiger charge is 2.24. The lowest BCUT2D eigenvalue weighted by Crippen LogP contribution is -2.44. The topological polar surface area (TPSA) is 49.5 Å². The molecule has 1 heterocycles. The fourth-order valence-electron chi connectivity index (χ4n) is 3.19. The molecule has 1 aliphatic rings. The zero-order valence-electron chi connectivity index (χ0n) is 11.9. The number of rotatable bonds is 2. The Labute approximate surface area is 120 Å². The molecule has 3 nitrogen and oxygen atoms in total. The third-order valence-electron chi connectivity index (χ3n) is 4.43. The predicted molar refractivity (Wildman–Crippen MR) is 82.7 cm³/mol. The Bertz CT molecular complexity index is 611. The van der Waals surface area contributed by atoms with Crippen molar-refractivity contribution in [3.63, 3.8) is 0 Å². The number of fused-ring (bicyclic) bond motifs is 1. The monoisotopic (exact) mass is 270 g/mol. The van der Waals surface area contributed by atoms with Crippen molar-refractivity contribution >= 4 is 10.8 Å². The van der Waals surface area contributed by atoms with Crippen LogP contribution in [0.5, 0.6) is 5.75 Å². The first-order chi connectivity index (χ1) is 9.65. The highest BCUT2D eigenvalue weighted by Crippen LogP contribution is 2.30. The van der Waals surface area contributed by atoms with E-state index in [1.165, 1.54) is 5.39 Å². The summed E-state index contributed by atoms with van der Waals surface area (Å²) in [4.78, 5) is 2.42. The molecule has 1 aliphatic heterocycles. The second-order valence-corrected chi connectivity index (χ2v) is 5.89. The summed E-state index contributed by atoms with van der Waals surface area (Å²) in [6.45, 7) is 4.02. The van der Waals surface area contributed by atoms with Crippen LogP contribution in [0.4, 0.5) is 0 Å². The van der Waals surface area contributed by atoms with Crippen LogP contribution in [0.25, 0.3) is 10.8 Å². The van der Waals surface area contributed by atoms with Crippen LogP contribution in [0, 0.1) is 0 Å². The maximum atomic E-state index is 10.2. The minimum absolute atomic E-state index is 0.322. The number of phenols is 1. The predicted octanol–water partition coefficient (Wildman–Crippen LogP) is 2.86. The van der Waals surface area contributed by atoms with Gasteiger partial charge in [0.25, 0.3) is 0 Å². The van der Waals surface area contributed by atoms with E-state index in [4.69, 9.17) is 5.73 Å². The van der Waals surface area contributed by atoms with Gasteiger partial charge in [-0.3, -0.25) is 4.90 Å². The largest absolute Gasteiger partial charge is 0.508 e. The van der Waals surface area contributed by atoms with Crippen LogP contribution in [0.15, 0.2) is 36.4 Å². The van der Waals surface area contributed by atoms with Gasteiger partial charge in [-0.15, -0.1) is 0 Å². The van der Waals surface area contributed by atoms with E-state index in [9.17, 15) is 5.11 Å². The number of phenolic OH excluding ortho intramolecular Hbond substituents is 1. The molecular formula is C17H22N2O. The molecule has 1 saturated heterocycles. The normalized spacial score (nSPS) is 24.1. The van der Waals surface area contributed by atoms with Crippen LogP contribution in [0.1, 0.15) is 25.3 Å². The van der Waals surface area contributed by atoms with Gasteiger partial charge < -0.3 is 10.8 Å². The lowest BCUT2D eigenvalue weighted by Gasteiger charge is -2.36. The van der Waals surface area contributed by atoms with Gasteiger partial charge in [-0.1, -0.05) is 30.3 Å². The van der Waals surface area contributed by atoms with E-state index >= 15 is 0 Å². The number of aromatic hydroxyl groups is 1. The Hall–Kier alpha value is -1.58. The minimum Gasteiger partial charge on any atom is -0.508 e. The molecule has 0 bridgehead atoms. The molecule has 0 saturated carbocycles. The van der Waals surface area contributed by atoms with Gasteiger partial charge in [0.05, 0.1) is 0 Å². The maximum Gasteiger partial charge on any atom is 0.120 e. The van der Waals surface area contributed by atoms with Gasteiger partial charge in [-0.05, 0) is 36.6 Å². The number of nitrogens with two attached hydrogens (primary N) is 1. The lowest BCUT2D eigenvalue weighted by molar-refractivity contribution is 0.139. The molecule has 0 radical (unpaired) electrons. The summed E-state index contributed by atoms with van der Waals surface area (Å²) < 4.78 is 0. The number of hydrogen-bond acceptors (Lipinski definition) is 3. The highest BCUT2D eigenvalue weighted by atomic mass is 16.3. The van der Waals surface area contributed by atoms with Crippen LogP contribution in [-0.4, -0.2) is 28.6 Å². The van der Waals surface area contributed by atoms with Crippen molar-refractivity contribution < 1.29 is 5.11 Å². The molecule has 2 atom stereocenters. The van der Waals surface area contributed by atoms with Gasteiger partial charge >= 0.3 is 0 Å². The van der Waals surface area contributed by atoms with Crippen molar-refractivity contribution in [2.45, 2.75) is 38.4 Å². The Balaban J connectivity index is 1.92. The second-order valence-electron chi connectivity index (χ2n) is 5.89. The summed E-state index contributed by atoms with van der Waals surface area (Å²) >= 11 is 0. The van der Waals surface area contributed by atoms with Crippen LogP contribution in [-0.2, 0) is 6.54 Å². The number of nitrogens with zero attached hydrogens (tertiary/aromatic N) is 1. The Morgan fingerprint density at radius 3 is 2.85 bits per heavy atom. The molecule has 0 amide bonds. The van der Waals surface area contributed by atoms with Crippen LogP contribution in [0.2, 0.25) is 0 Å². The lowest BCUT2D eigenvalue weighted by atomic mass is 9.97. The number of likely N-dealkylation sites (tertiary alicyclic amines) is 1. The van der Waals surface area contributed by atoms with E-state index in [0.717, 1.165) is 36.9 Å². The smallest absolute Gasteiger partial charge is 0.120 e. The van der Waals surface area contributed by atoms with Crippen molar-refractivity contribution in [2.75, 3.05) is 6.54 Å². The molecule has 0 aromatic heterocycles. The van der Waals surface area contributed by atoms with Gasteiger partial charge in [-0.25, -0.2) is 0 Å². The van der Waals surface area contributed by atoms with Crippen molar-refractivity contribution in [3.05, 3.63) is 42.0 Å². The Morgan fingerprint density at radius 2 is 2.05 bits per heavy atom. The standard InChI is InChI=1S/C17H22N2O/c1-12-10-14(18)8-9-19(12)11-16-15-5-3-2-4-13(15)6-7-17(16)20/h2-7,12,14,20H,8-11,18H2,1H3. The van der Waals surface area contributed by atoms with E-state index in [1.54, 1.807) is 6.07 Å². The SMILES string of the molecule is CC1CC(N)CCN1Cc1c(O)ccc2ccccc12. The number of piperidine rings is 1. The van der Waals surface area contributed by atoms with Crippen molar-refractivity contribution in [1.29, 1.82) is 0 Å². The van der Waals surface area contributed by atoms with Crippen LogP contribution < -0.4 is 5.73 Å². The van der Waals surface area contributed by atoms with Gasteiger partial charge in [0.15, 0.2) is 0 Å². The third kappa shape index (κ3) is 2.51. The van der Waals surface area contributed by atoms with Gasteiger partial charge in [0.1, 0.15) is 5.75 Å². The van der Waals surface area contributed by atoms with E-state index in [0.29, 0.717) is 17.8 Å². The fourth-order valence-corrected chi connectivity index (χ4v) is 3.19. The molecule has 106 valence electrons. The van der Waals surface area contributed by atoms with Crippen molar-refractivity contribution in [3.8, 4) is 5.75 Å². The molecule has 3 N–H and O–H groups in total. The first kappa shape index (κ1) is 13.4. The zero-order valence-corrected chi connectivity index (χ0v) is 11.9. The summed E-state index contributed by atoms with van der Waals surface area (Å²) in [7, 11) is 0. The van der Waals surface area contributed by atoms with E-state index in [1.807, 2.05) is 18.2 Å². The molecule has 2 aromatic rings. The molecule has 3 heteroatoms. The fraction of sp³-hybridized carbons (Fsp3) is 0.412. The molecule has 0 aliphatic carbocycles. The molecular weight excluding hydrogens is 248 g/mol. The van der Waals surface area contributed by atoms with E-state index < -0.39 is 0 Å². The number of hydrogen-bond donors (Lipinski definition) is 2. The molecule has 3 rings (SSSR count). The quantitative estimate of drug-likeness (QED) is 0.882. The zero-order chi connectivity index (χ0) is 14.1. The van der Waals surface area contributed by atoms with Gasteiger partial charge in [0.2, 0.25) is 0 Å². The Morgan fingerprint density at radius 1 is 1.25 bits per heavy atom. The van der Waals surface area contributed by atoms with E-state index in [-0.39, 0.29) is 0 Å². The molecule has 20 heavy (non-hydrogen) atoms. The molecule has 2 aromatic carbocycles.